The van der Waals surface area contributed by atoms with Gasteiger partial charge in [0.05, 0.1) is 6.04 Å². The number of carbonyl (C=O) groups excluding carboxylic acids is 2. The van der Waals surface area contributed by atoms with Crippen LogP contribution in [0.15, 0.2) is 42.5 Å². The van der Waals surface area contributed by atoms with Gasteiger partial charge in [0.2, 0.25) is 5.91 Å². The number of thioether (sulfide) groups is 1. The van der Waals surface area contributed by atoms with Gasteiger partial charge in [-0.05, 0) is 61.2 Å². The first-order chi connectivity index (χ1) is 14.9. The van der Waals surface area contributed by atoms with Gasteiger partial charge < -0.3 is 5.32 Å². The van der Waals surface area contributed by atoms with Crippen molar-refractivity contribution < 1.29 is 9.59 Å². The molecule has 32 heavy (non-hydrogen) atoms. The zero-order valence-corrected chi connectivity index (χ0v) is 22.2. The second-order valence-corrected chi connectivity index (χ2v) is 12.1. The summed E-state index contributed by atoms with van der Waals surface area (Å²) in [6.45, 7) is 14.5. The number of rotatable bonds is 14. The average molecular weight is 460 g/mol. The number of aryl methyl sites for hydroxylation is 1. The molecule has 0 aromatic heterocycles. The summed E-state index contributed by atoms with van der Waals surface area (Å²) < 4.78 is 0. The van der Waals surface area contributed by atoms with Crippen molar-refractivity contribution >= 4 is 23.5 Å². The fraction of sp³-hybridized carbons (Fsp3) is 0.643. The number of hydrogen-bond donors (Lipinski definition) is 1. The van der Waals surface area contributed by atoms with Crippen LogP contribution in [-0.4, -0.2) is 29.2 Å². The summed E-state index contributed by atoms with van der Waals surface area (Å²) in [4.78, 5) is 24.9. The number of carbonyl (C=O) groups is 2. The summed E-state index contributed by atoms with van der Waals surface area (Å²) in [5.41, 5.74) is 1.59. The van der Waals surface area contributed by atoms with Gasteiger partial charge in [-0.1, -0.05) is 84.0 Å². The quantitative estimate of drug-likeness (QED) is 0.244. The molecule has 0 aliphatic carbocycles. The van der Waals surface area contributed by atoms with Crippen LogP contribution in [0.25, 0.3) is 0 Å². The Kier molecular flexibility index (Phi) is 12.3. The molecule has 0 saturated carbocycles. The monoisotopic (exact) mass is 459 g/mol. The number of Topliss-reactive ketones (excluding diaryl/α,β-unsaturated/α-hetero) is 1. The molecule has 0 aliphatic rings. The number of allylic oxidation sites excluding steroid dienone is 2. The Morgan fingerprint density at radius 2 is 1.72 bits per heavy atom. The number of nitrogens with one attached hydrogen (secondary N) is 1. The third-order valence-corrected chi connectivity index (χ3v) is 6.68. The topological polar surface area (TPSA) is 46.2 Å². The van der Waals surface area contributed by atoms with Crippen LogP contribution < -0.4 is 5.32 Å². The summed E-state index contributed by atoms with van der Waals surface area (Å²) in [6, 6.07) is 10.1. The second kappa shape index (κ2) is 13.9. The fourth-order valence-corrected chi connectivity index (χ4v) is 4.82. The smallest absolute Gasteiger partial charge is 0.223 e. The van der Waals surface area contributed by atoms with Gasteiger partial charge in [-0.25, -0.2) is 0 Å². The first-order valence-corrected chi connectivity index (χ1v) is 13.2. The highest BCUT2D eigenvalue weighted by molar-refractivity contribution is 7.99. The van der Waals surface area contributed by atoms with Gasteiger partial charge in [0.15, 0.2) is 5.78 Å². The van der Waals surface area contributed by atoms with Crippen molar-refractivity contribution in [3.05, 3.63) is 48.0 Å². The van der Waals surface area contributed by atoms with E-state index in [-0.39, 0.29) is 28.4 Å². The highest BCUT2D eigenvalue weighted by Crippen LogP contribution is 2.31. The Bertz CT molecular complexity index is 719. The van der Waals surface area contributed by atoms with Crippen LogP contribution in [0.3, 0.4) is 0 Å². The predicted molar refractivity (Wildman–Crippen MR) is 140 cm³/mol. The SMILES string of the molecule is CC(=O)C(CSCCCCc1ccccc1)NC(=O)C(C)CC(C)(C)C/C=C/C(C)(C)C. The van der Waals surface area contributed by atoms with Crippen molar-refractivity contribution in [1.82, 2.24) is 5.32 Å². The Morgan fingerprint density at radius 1 is 1.06 bits per heavy atom. The molecule has 2 atom stereocenters. The minimum Gasteiger partial charge on any atom is -0.345 e. The van der Waals surface area contributed by atoms with E-state index in [2.05, 4.69) is 76.4 Å². The van der Waals surface area contributed by atoms with Crippen molar-refractivity contribution in [1.29, 1.82) is 0 Å². The third kappa shape index (κ3) is 13.1. The van der Waals surface area contributed by atoms with E-state index in [1.165, 1.54) is 5.56 Å². The molecule has 0 spiro atoms. The largest absolute Gasteiger partial charge is 0.345 e. The molecule has 0 saturated heterocycles. The summed E-state index contributed by atoms with van der Waals surface area (Å²) in [7, 11) is 0. The van der Waals surface area contributed by atoms with E-state index in [9.17, 15) is 9.59 Å². The van der Waals surface area contributed by atoms with Crippen LogP contribution in [-0.2, 0) is 16.0 Å². The van der Waals surface area contributed by atoms with E-state index in [0.717, 1.165) is 37.9 Å². The first-order valence-electron chi connectivity index (χ1n) is 12.0. The fourth-order valence-electron chi connectivity index (χ4n) is 3.69. The molecule has 3 nitrogen and oxygen atoms in total. The van der Waals surface area contributed by atoms with Gasteiger partial charge in [-0.15, -0.1) is 0 Å². The molecule has 1 N–H and O–H groups in total. The van der Waals surface area contributed by atoms with Crippen LogP contribution in [0.2, 0.25) is 0 Å². The standard InChI is InChI=1S/C28H45NO2S/c1-22(20-28(6,7)18-13-17-27(3,4)5)26(31)29-25(23(2)30)21-32-19-12-11-16-24-14-9-8-10-15-24/h8-10,13-15,17,22,25H,11-12,16,18-21H2,1-7H3,(H,29,31)/b17-13+. The molecule has 1 aromatic carbocycles. The van der Waals surface area contributed by atoms with Crippen LogP contribution in [0, 0.1) is 16.7 Å². The lowest BCUT2D eigenvalue weighted by atomic mass is 9.79. The minimum absolute atomic E-state index is 0.0113. The number of hydrogen-bond acceptors (Lipinski definition) is 3. The van der Waals surface area contributed by atoms with Crippen molar-refractivity contribution in [2.45, 2.75) is 86.6 Å². The van der Waals surface area contributed by atoms with Crippen LogP contribution in [0.4, 0.5) is 0 Å². The van der Waals surface area contributed by atoms with Crippen LogP contribution >= 0.6 is 11.8 Å². The van der Waals surface area contributed by atoms with Gasteiger partial charge >= 0.3 is 0 Å². The average Bonchev–Trinajstić information content (AvgIpc) is 2.68. The van der Waals surface area contributed by atoms with Crippen molar-refractivity contribution in [3.63, 3.8) is 0 Å². The number of benzene rings is 1. The number of unbranched alkanes of at least 4 members (excludes halogenated alkanes) is 1. The normalized spacial score (nSPS) is 14.3. The molecule has 0 aliphatic heterocycles. The maximum atomic E-state index is 12.8. The Balaban J connectivity index is 2.38. The molecular formula is C28H45NO2S. The summed E-state index contributed by atoms with van der Waals surface area (Å²) in [6.07, 6.45) is 9.56. The molecule has 1 amide bonds. The van der Waals surface area contributed by atoms with Gasteiger partial charge in [0, 0.05) is 11.7 Å². The van der Waals surface area contributed by atoms with E-state index in [4.69, 9.17) is 0 Å². The van der Waals surface area contributed by atoms with Crippen LogP contribution in [0.5, 0.6) is 0 Å². The van der Waals surface area contributed by atoms with Gasteiger partial charge in [0.1, 0.15) is 0 Å². The highest BCUT2D eigenvalue weighted by atomic mass is 32.2. The maximum absolute atomic E-state index is 12.8. The lowest BCUT2D eigenvalue weighted by molar-refractivity contribution is -0.129. The first kappa shape index (κ1) is 28.5. The van der Waals surface area contributed by atoms with Crippen molar-refractivity contribution in [3.8, 4) is 0 Å². The van der Waals surface area contributed by atoms with E-state index in [1.807, 2.05) is 13.0 Å². The van der Waals surface area contributed by atoms with E-state index in [1.54, 1.807) is 18.7 Å². The number of ketones is 1. The minimum atomic E-state index is -0.395. The summed E-state index contributed by atoms with van der Waals surface area (Å²) >= 11 is 1.76. The second-order valence-electron chi connectivity index (χ2n) is 10.9. The maximum Gasteiger partial charge on any atom is 0.223 e. The van der Waals surface area contributed by atoms with Gasteiger partial charge in [-0.3, -0.25) is 9.59 Å². The zero-order valence-electron chi connectivity index (χ0n) is 21.4. The van der Waals surface area contributed by atoms with E-state index < -0.39 is 6.04 Å². The van der Waals surface area contributed by atoms with Gasteiger partial charge in [-0.2, -0.15) is 11.8 Å². The molecule has 1 aromatic rings. The molecule has 0 bridgehead atoms. The molecule has 1 rings (SSSR count). The molecule has 4 heteroatoms. The molecule has 0 fully saturated rings. The lowest BCUT2D eigenvalue weighted by Crippen LogP contribution is -2.44. The Hall–Kier alpha value is -1.55. The lowest BCUT2D eigenvalue weighted by Gasteiger charge is -2.28. The molecule has 0 heterocycles. The van der Waals surface area contributed by atoms with E-state index in [0.29, 0.717) is 5.75 Å². The van der Waals surface area contributed by atoms with E-state index >= 15 is 0 Å². The number of amides is 1. The third-order valence-electron chi connectivity index (χ3n) is 5.53. The molecule has 2 unspecified atom stereocenters. The van der Waals surface area contributed by atoms with Crippen molar-refractivity contribution in [2.75, 3.05) is 11.5 Å². The van der Waals surface area contributed by atoms with Crippen LogP contribution in [0.1, 0.15) is 79.7 Å². The Morgan fingerprint density at radius 3 is 2.31 bits per heavy atom. The van der Waals surface area contributed by atoms with Gasteiger partial charge in [0.25, 0.3) is 0 Å². The summed E-state index contributed by atoms with van der Waals surface area (Å²) in [5.74, 6) is 1.56. The zero-order chi connectivity index (χ0) is 24.2. The Labute approximate surface area is 201 Å². The molecule has 0 radical (unpaired) electrons. The molecular weight excluding hydrogens is 414 g/mol. The summed E-state index contributed by atoms with van der Waals surface area (Å²) in [5, 5.41) is 3.01. The highest BCUT2D eigenvalue weighted by Gasteiger charge is 2.26. The molecule has 180 valence electrons. The predicted octanol–water partition coefficient (Wildman–Crippen LogP) is 6.86. The van der Waals surface area contributed by atoms with Crippen molar-refractivity contribution in [2.24, 2.45) is 16.7 Å².